The lowest BCUT2D eigenvalue weighted by atomic mass is 10.1. The Morgan fingerprint density at radius 1 is 1.39 bits per heavy atom. The molecule has 0 bridgehead atoms. The van der Waals surface area contributed by atoms with Crippen molar-refractivity contribution in [1.29, 1.82) is 0 Å². The first kappa shape index (κ1) is 13.2. The maximum Gasteiger partial charge on any atom is 0.0827 e. The fourth-order valence-corrected chi connectivity index (χ4v) is 3.46. The Kier molecular flexibility index (Phi) is 3.54. The van der Waals surface area contributed by atoms with Crippen LogP contribution in [0.3, 0.4) is 0 Å². The lowest BCUT2D eigenvalue weighted by Gasteiger charge is -2.16. The molecule has 18 heavy (non-hydrogen) atoms. The van der Waals surface area contributed by atoms with E-state index in [0.29, 0.717) is 11.5 Å². The van der Waals surface area contributed by atoms with Crippen molar-refractivity contribution in [1.82, 2.24) is 9.78 Å². The molecule has 0 amide bonds. The number of benzene rings is 1. The zero-order valence-corrected chi connectivity index (χ0v) is 11.8. The number of fused-ring (bicyclic) bond motifs is 1. The van der Waals surface area contributed by atoms with Gasteiger partial charge in [-0.2, -0.15) is 5.10 Å². The van der Waals surface area contributed by atoms with Crippen LogP contribution in [0.5, 0.6) is 0 Å². The Bertz CT molecular complexity index is 583. The average Bonchev–Trinajstić information content (AvgIpc) is 2.54. The number of aryl methyl sites for hydroxylation is 1. The smallest absolute Gasteiger partial charge is 0.0827 e. The summed E-state index contributed by atoms with van der Waals surface area (Å²) >= 11 is 0. The second-order valence-corrected chi connectivity index (χ2v) is 6.76. The quantitative estimate of drug-likeness (QED) is 0.912. The molecule has 0 aliphatic heterocycles. The van der Waals surface area contributed by atoms with Gasteiger partial charge in [-0.25, -0.2) is 0 Å². The molecule has 0 aliphatic carbocycles. The molecule has 2 rings (SSSR count). The molecule has 0 saturated carbocycles. The van der Waals surface area contributed by atoms with Gasteiger partial charge in [-0.05, 0) is 19.9 Å². The molecule has 1 atom stereocenters. The first-order chi connectivity index (χ1) is 8.37. The van der Waals surface area contributed by atoms with Gasteiger partial charge in [0, 0.05) is 34.5 Å². The van der Waals surface area contributed by atoms with Crippen molar-refractivity contribution in [2.75, 3.05) is 5.75 Å². The van der Waals surface area contributed by atoms with Crippen LogP contribution in [0.25, 0.3) is 10.9 Å². The Hall–Kier alpha value is -1.20. The maximum absolute atomic E-state index is 12.1. The summed E-state index contributed by atoms with van der Waals surface area (Å²) in [6.45, 7) is 3.78. The predicted octanol–water partition coefficient (Wildman–Crippen LogP) is 1.56. The van der Waals surface area contributed by atoms with Gasteiger partial charge in [-0.15, -0.1) is 0 Å². The molecule has 0 spiro atoms. The van der Waals surface area contributed by atoms with Crippen molar-refractivity contribution in [2.24, 2.45) is 12.8 Å². The van der Waals surface area contributed by atoms with Crippen LogP contribution in [0.15, 0.2) is 24.3 Å². The van der Waals surface area contributed by atoms with Crippen molar-refractivity contribution in [3.63, 3.8) is 0 Å². The van der Waals surface area contributed by atoms with Crippen LogP contribution in [-0.4, -0.2) is 25.3 Å². The molecule has 1 unspecified atom stereocenters. The molecule has 1 aromatic carbocycles. The summed E-state index contributed by atoms with van der Waals surface area (Å²) in [5.74, 6) is 0.944. The van der Waals surface area contributed by atoms with Crippen LogP contribution in [-0.2, 0) is 23.6 Å². The second-order valence-electron chi connectivity index (χ2n) is 5.30. The van der Waals surface area contributed by atoms with Crippen molar-refractivity contribution >= 4 is 21.7 Å². The fraction of sp³-hybridized carbons (Fsp3) is 0.462. The zero-order valence-electron chi connectivity index (χ0n) is 11.0. The normalized spacial score (nSPS) is 14.0. The Morgan fingerprint density at radius 3 is 2.72 bits per heavy atom. The molecular weight excluding hydrogens is 246 g/mol. The van der Waals surface area contributed by atoms with Crippen LogP contribution in [0.4, 0.5) is 0 Å². The van der Waals surface area contributed by atoms with Gasteiger partial charge in [-0.3, -0.25) is 8.89 Å². The Labute approximate surface area is 110 Å². The number of hydrogen-bond donors (Lipinski definition) is 1. The molecular formula is C13H19N3OS. The lowest BCUT2D eigenvalue weighted by Crippen LogP contribution is -2.38. The van der Waals surface area contributed by atoms with Gasteiger partial charge in [0.15, 0.2) is 0 Å². The average molecular weight is 265 g/mol. The van der Waals surface area contributed by atoms with E-state index in [-0.39, 0.29) is 0 Å². The van der Waals surface area contributed by atoms with Crippen LogP contribution in [0.1, 0.15) is 19.5 Å². The third kappa shape index (κ3) is 2.97. The molecule has 98 valence electrons. The van der Waals surface area contributed by atoms with Crippen LogP contribution < -0.4 is 5.73 Å². The summed E-state index contributed by atoms with van der Waals surface area (Å²) in [5.41, 5.74) is 7.43. The summed E-state index contributed by atoms with van der Waals surface area (Å²) in [4.78, 5) is 0. The van der Waals surface area contributed by atoms with Crippen molar-refractivity contribution in [3.8, 4) is 0 Å². The molecule has 4 nitrogen and oxygen atoms in total. The van der Waals surface area contributed by atoms with Gasteiger partial charge in [0.25, 0.3) is 0 Å². The lowest BCUT2D eigenvalue weighted by molar-refractivity contribution is 0.577. The van der Waals surface area contributed by atoms with E-state index < -0.39 is 16.3 Å². The number of nitrogens with two attached hydrogens (primary N) is 1. The topological polar surface area (TPSA) is 60.9 Å². The SMILES string of the molecule is Cn1nc(CS(=O)CC(C)(C)N)c2ccccc21. The van der Waals surface area contributed by atoms with E-state index >= 15 is 0 Å². The number of aromatic nitrogens is 2. The zero-order chi connectivity index (χ0) is 13.3. The van der Waals surface area contributed by atoms with Crippen LogP contribution >= 0.6 is 0 Å². The standard InChI is InChI=1S/C13H19N3OS/c1-13(2,14)9-18(17)8-11-10-6-4-5-7-12(10)16(3)15-11/h4-7H,8-9,14H2,1-3H3. The molecule has 1 heterocycles. The van der Waals surface area contributed by atoms with Crippen LogP contribution in [0, 0.1) is 0 Å². The minimum absolute atomic E-state index is 0.407. The summed E-state index contributed by atoms with van der Waals surface area (Å²) in [5, 5.41) is 5.51. The number of para-hydroxylation sites is 1. The third-order valence-electron chi connectivity index (χ3n) is 2.67. The highest BCUT2D eigenvalue weighted by molar-refractivity contribution is 7.84. The largest absolute Gasteiger partial charge is 0.325 e. The highest BCUT2D eigenvalue weighted by atomic mass is 32.2. The van der Waals surface area contributed by atoms with E-state index in [1.54, 1.807) is 0 Å². The fourth-order valence-electron chi connectivity index (χ4n) is 2.01. The minimum Gasteiger partial charge on any atom is -0.325 e. The monoisotopic (exact) mass is 265 g/mol. The first-order valence-electron chi connectivity index (χ1n) is 5.91. The van der Waals surface area contributed by atoms with Crippen LogP contribution in [0.2, 0.25) is 0 Å². The molecule has 0 fully saturated rings. The molecule has 0 radical (unpaired) electrons. The maximum atomic E-state index is 12.1. The minimum atomic E-state index is -0.984. The predicted molar refractivity (Wildman–Crippen MR) is 75.7 cm³/mol. The molecule has 5 heteroatoms. The van der Waals surface area contributed by atoms with Gasteiger partial charge >= 0.3 is 0 Å². The van der Waals surface area contributed by atoms with Crippen molar-refractivity contribution < 1.29 is 4.21 Å². The highest BCUT2D eigenvalue weighted by Gasteiger charge is 2.17. The summed E-state index contributed by atoms with van der Waals surface area (Å²) in [7, 11) is 0.920. The molecule has 0 aliphatic rings. The summed E-state index contributed by atoms with van der Waals surface area (Å²) in [6.07, 6.45) is 0. The molecule has 1 aromatic heterocycles. The van der Waals surface area contributed by atoms with E-state index in [0.717, 1.165) is 16.6 Å². The summed E-state index contributed by atoms with van der Waals surface area (Å²) < 4.78 is 13.9. The van der Waals surface area contributed by atoms with E-state index in [2.05, 4.69) is 5.10 Å². The number of nitrogens with zero attached hydrogens (tertiary/aromatic N) is 2. The number of rotatable bonds is 4. The summed E-state index contributed by atoms with van der Waals surface area (Å²) in [6, 6.07) is 7.99. The van der Waals surface area contributed by atoms with Crippen molar-refractivity contribution in [2.45, 2.75) is 25.1 Å². The van der Waals surface area contributed by atoms with E-state index in [9.17, 15) is 4.21 Å². The molecule has 2 N–H and O–H groups in total. The van der Waals surface area contributed by atoms with E-state index in [1.165, 1.54) is 0 Å². The first-order valence-corrected chi connectivity index (χ1v) is 7.40. The van der Waals surface area contributed by atoms with Gasteiger partial charge in [-0.1, -0.05) is 18.2 Å². The van der Waals surface area contributed by atoms with Crippen molar-refractivity contribution in [3.05, 3.63) is 30.0 Å². The molecule has 2 aromatic rings. The molecule has 0 saturated heterocycles. The second kappa shape index (κ2) is 4.82. The van der Waals surface area contributed by atoms with E-state index in [1.807, 2.05) is 49.8 Å². The number of hydrogen-bond acceptors (Lipinski definition) is 3. The van der Waals surface area contributed by atoms with Gasteiger partial charge in [0.05, 0.1) is 17.0 Å². The Balaban J connectivity index is 2.25. The van der Waals surface area contributed by atoms with E-state index in [4.69, 9.17) is 5.73 Å². The van der Waals surface area contributed by atoms with Gasteiger partial charge in [0.1, 0.15) is 0 Å². The van der Waals surface area contributed by atoms with Gasteiger partial charge in [0.2, 0.25) is 0 Å². The Morgan fingerprint density at radius 2 is 2.06 bits per heavy atom. The highest BCUT2D eigenvalue weighted by Crippen LogP contribution is 2.19. The third-order valence-corrected chi connectivity index (χ3v) is 4.33. The van der Waals surface area contributed by atoms with Gasteiger partial charge < -0.3 is 5.73 Å².